The Morgan fingerprint density at radius 3 is 2.45 bits per heavy atom. The van der Waals surface area contributed by atoms with Crippen molar-refractivity contribution in [3.63, 3.8) is 0 Å². The fourth-order valence-electron chi connectivity index (χ4n) is 5.21. The number of carbonyl (C=O) groups excluding carboxylic acids is 1. The van der Waals surface area contributed by atoms with E-state index in [2.05, 4.69) is 31.0 Å². The van der Waals surface area contributed by atoms with Crippen LogP contribution in [0.15, 0.2) is 84.0 Å². The first-order valence-electron chi connectivity index (χ1n) is 13.4. The highest BCUT2D eigenvalue weighted by molar-refractivity contribution is 6.30. The molecule has 1 aromatic heterocycles. The van der Waals surface area contributed by atoms with Crippen molar-refractivity contribution < 1.29 is 9.53 Å². The summed E-state index contributed by atoms with van der Waals surface area (Å²) in [5.41, 5.74) is 9.56. The maximum absolute atomic E-state index is 12.7. The number of aromatic nitrogens is 1. The van der Waals surface area contributed by atoms with Crippen molar-refractivity contribution in [3.8, 4) is 11.4 Å². The largest absolute Gasteiger partial charge is 0.495 e. The molecule has 3 aromatic carbocycles. The van der Waals surface area contributed by atoms with E-state index in [9.17, 15) is 4.79 Å². The van der Waals surface area contributed by atoms with Crippen LogP contribution in [0, 0.1) is 13.8 Å². The smallest absolute Gasteiger partial charge is 0.271 e. The van der Waals surface area contributed by atoms with Crippen LogP contribution in [0.2, 0.25) is 5.02 Å². The molecular formula is C32H34ClN5O2. The van der Waals surface area contributed by atoms with Gasteiger partial charge in [-0.15, -0.1) is 0 Å². The second-order valence-corrected chi connectivity index (χ2v) is 10.4. The standard InChI is InChI=1S/C32H34ClN5O2/c1-23-19-27(24(2)38(23)29-8-6-7-28(33)20-29)21-34-35-32(39)26-13-11-25(12-14-26)22-36-15-17-37(18-16-36)30-9-4-5-10-31(30)40-3/h4-14,19-21H,15-18,22H2,1-3H3,(H,35,39)/b34-21+. The van der Waals surface area contributed by atoms with Crippen molar-refractivity contribution in [2.75, 3.05) is 38.2 Å². The minimum atomic E-state index is -0.239. The van der Waals surface area contributed by atoms with Crippen LogP contribution in [0.1, 0.15) is 32.9 Å². The molecule has 206 valence electrons. The van der Waals surface area contributed by atoms with Gasteiger partial charge in [0.15, 0.2) is 0 Å². The number of piperazine rings is 1. The molecule has 1 saturated heterocycles. The molecule has 0 atom stereocenters. The topological polar surface area (TPSA) is 62.1 Å². The Hall–Kier alpha value is -4.07. The molecule has 1 aliphatic heterocycles. The van der Waals surface area contributed by atoms with Gasteiger partial charge in [-0.1, -0.05) is 41.9 Å². The molecule has 40 heavy (non-hydrogen) atoms. The summed E-state index contributed by atoms with van der Waals surface area (Å²) in [6.07, 6.45) is 1.68. The highest BCUT2D eigenvalue weighted by Crippen LogP contribution is 2.28. The molecule has 0 bridgehead atoms. The molecule has 2 heterocycles. The SMILES string of the molecule is COc1ccccc1N1CCN(Cc2ccc(C(=O)N/N=C/c3cc(C)n(-c4cccc(Cl)c4)c3C)cc2)CC1. The number of nitrogens with zero attached hydrogens (tertiary/aromatic N) is 4. The first-order chi connectivity index (χ1) is 19.4. The summed E-state index contributed by atoms with van der Waals surface area (Å²) in [4.78, 5) is 17.5. The van der Waals surface area contributed by atoms with E-state index >= 15 is 0 Å². The molecule has 0 aliphatic carbocycles. The zero-order valence-corrected chi connectivity index (χ0v) is 23.9. The number of hydrogen-bond acceptors (Lipinski definition) is 5. The minimum Gasteiger partial charge on any atom is -0.495 e. The lowest BCUT2D eigenvalue weighted by Crippen LogP contribution is -2.46. The predicted octanol–water partition coefficient (Wildman–Crippen LogP) is 5.84. The normalized spacial score (nSPS) is 14.1. The molecule has 7 nitrogen and oxygen atoms in total. The molecule has 0 unspecified atom stereocenters. The van der Waals surface area contributed by atoms with Gasteiger partial charge < -0.3 is 14.2 Å². The number of amides is 1. The van der Waals surface area contributed by atoms with Crippen LogP contribution in [0.3, 0.4) is 0 Å². The summed E-state index contributed by atoms with van der Waals surface area (Å²) in [5.74, 6) is 0.673. The Kier molecular flexibility index (Phi) is 8.53. The van der Waals surface area contributed by atoms with E-state index in [1.54, 1.807) is 13.3 Å². The van der Waals surface area contributed by atoms with E-state index < -0.39 is 0 Å². The Labute approximate surface area is 240 Å². The molecule has 1 N–H and O–H groups in total. The maximum atomic E-state index is 12.7. The number of hydrazone groups is 1. The average molecular weight is 556 g/mol. The highest BCUT2D eigenvalue weighted by atomic mass is 35.5. The van der Waals surface area contributed by atoms with Crippen molar-refractivity contribution in [3.05, 3.63) is 112 Å². The van der Waals surface area contributed by atoms with Gasteiger partial charge in [0.1, 0.15) is 5.75 Å². The van der Waals surface area contributed by atoms with Gasteiger partial charge in [0.2, 0.25) is 0 Å². The minimum absolute atomic E-state index is 0.239. The van der Waals surface area contributed by atoms with E-state index in [-0.39, 0.29) is 5.91 Å². The van der Waals surface area contributed by atoms with E-state index in [0.29, 0.717) is 10.6 Å². The molecule has 4 aromatic rings. The van der Waals surface area contributed by atoms with E-state index in [0.717, 1.165) is 66.8 Å². The van der Waals surface area contributed by atoms with Crippen molar-refractivity contribution in [2.45, 2.75) is 20.4 Å². The van der Waals surface area contributed by atoms with Crippen molar-refractivity contribution in [2.24, 2.45) is 5.10 Å². The molecule has 1 amide bonds. The number of anilines is 1. The number of aryl methyl sites for hydroxylation is 1. The van der Waals surface area contributed by atoms with E-state index in [1.165, 1.54) is 5.56 Å². The summed E-state index contributed by atoms with van der Waals surface area (Å²) in [7, 11) is 1.72. The maximum Gasteiger partial charge on any atom is 0.271 e. The number of ether oxygens (including phenoxy) is 1. The van der Waals surface area contributed by atoms with Crippen LogP contribution in [-0.2, 0) is 6.54 Å². The number of halogens is 1. The fourth-order valence-corrected chi connectivity index (χ4v) is 5.40. The number of para-hydroxylation sites is 2. The van der Waals surface area contributed by atoms with Crippen LogP contribution in [0.5, 0.6) is 5.75 Å². The molecule has 0 saturated carbocycles. The summed E-state index contributed by atoms with van der Waals surface area (Å²) in [6.45, 7) is 8.72. The molecular weight excluding hydrogens is 522 g/mol. The van der Waals surface area contributed by atoms with E-state index in [1.807, 2.05) is 86.6 Å². The second-order valence-electron chi connectivity index (χ2n) is 9.97. The molecule has 0 spiro atoms. The van der Waals surface area contributed by atoms with Gasteiger partial charge in [-0.3, -0.25) is 9.69 Å². The lowest BCUT2D eigenvalue weighted by molar-refractivity contribution is 0.0955. The quantitative estimate of drug-likeness (QED) is 0.219. The summed E-state index contributed by atoms with van der Waals surface area (Å²) >= 11 is 6.18. The van der Waals surface area contributed by atoms with Gasteiger partial charge in [-0.2, -0.15) is 5.10 Å². The van der Waals surface area contributed by atoms with Crippen LogP contribution in [0.4, 0.5) is 5.69 Å². The van der Waals surface area contributed by atoms with Gasteiger partial charge >= 0.3 is 0 Å². The number of benzene rings is 3. The zero-order chi connectivity index (χ0) is 28.1. The summed E-state index contributed by atoms with van der Waals surface area (Å²) in [6, 6.07) is 25.7. The van der Waals surface area contributed by atoms with Gasteiger partial charge in [0.05, 0.1) is 19.0 Å². The Morgan fingerprint density at radius 1 is 0.975 bits per heavy atom. The Bertz CT molecular complexity index is 1500. The van der Waals surface area contributed by atoms with Gasteiger partial charge in [0.25, 0.3) is 5.91 Å². The molecule has 0 radical (unpaired) electrons. The lowest BCUT2D eigenvalue weighted by Gasteiger charge is -2.36. The third-order valence-corrected chi connectivity index (χ3v) is 7.56. The highest BCUT2D eigenvalue weighted by Gasteiger charge is 2.19. The molecule has 1 fully saturated rings. The zero-order valence-electron chi connectivity index (χ0n) is 23.1. The second kappa shape index (κ2) is 12.4. The average Bonchev–Trinajstić information content (AvgIpc) is 3.26. The van der Waals surface area contributed by atoms with Gasteiger partial charge in [0, 0.05) is 65.9 Å². The van der Waals surface area contributed by atoms with Gasteiger partial charge in [-0.25, -0.2) is 5.43 Å². The Balaban J connectivity index is 1.14. The van der Waals surface area contributed by atoms with Crippen molar-refractivity contribution in [1.29, 1.82) is 0 Å². The first-order valence-corrected chi connectivity index (χ1v) is 13.8. The number of methoxy groups -OCH3 is 1. The van der Waals surface area contributed by atoms with Gasteiger partial charge in [-0.05, 0) is 67.9 Å². The van der Waals surface area contributed by atoms with Crippen molar-refractivity contribution in [1.82, 2.24) is 14.9 Å². The van der Waals surface area contributed by atoms with E-state index in [4.69, 9.17) is 16.3 Å². The summed E-state index contributed by atoms with van der Waals surface area (Å²) < 4.78 is 7.65. The number of carbonyl (C=O) groups is 1. The monoisotopic (exact) mass is 555 g/mol. The molecule has 5 rings (SSSR count). The Morgan fingerprint density at radius 2 is 1.73 bits per heavy atom. The van der Waals surface area contributed by atoms with Crippen LogP contribution >= 0.6 is 11.6 Å². The third-order valence-electron chi connectivity index (χ3n) is 7.33. The van der Waals surface area contributed by atoms with Crippen LogP contribution in [0.25, 0.3) is 5.69 Å². The number of rotatable bonds is 8. The predicted molar refractivity (Wildman–Crippen MR) is 162 cm³/mol. The number of hydrogen-bond donors (Lipinski definition) is 1. The number of nitrogens with one attached hydrogen (secondary N) is 1. The summed E-state index contributed by atoms with van der Waals surface area (Å²) in [5, 5.41) is 4.90. The van der Waals surface area contributed by atoms with Crippen molar-refractivity contribution >= 4 is 29.4 Å². The first kappa shape index (κ1) is 27.5. The lowest BCUT2D eigenvalue weighted by atomic mass is 10.1. The molecule has 1 aliphatic rings. The van der Waals surface area contributed by atoms with Crippen LogP contribution < -0.4 is 15.1 Å². The molecule has 8 heteroatoms. The van der Waals surface area contributed by atoms with Crippen LogP contribution in [-0.4, -0.2) is 54.9 Å². The fraction of sp³-hybridized carbons (Fsp3) is 0.250. The third kappa shape index (κ3) is 6.22.